The maximum Gasteiger partial charge on any atom is 0.0600 e. The lowest BCUT2D eigenvalue weighted by atomic mass is 10.1. The van der Waals surface area contributed by atoms with Crippen LogP contribution in [0, 0.1) is 5.92 Å². The minimum absolute atomic E-state index is 0.492. The van der Waals surface area contributed by atoms with Crippen LogP contribution in [-0.4, -0.2) is 49.8 Å². The summed E-state index contributed by atoms with van der Waals surface area (Å²) in [5, 5.41) is 3.42. The number of hydrogen-bond acceptors (Lipinski definition) is 3. The van der Waals surface area contributed by atoms with E-state index < -0.39 is 0 Å². The van der Waals surface area contributed by atoms with Crippen LogP contribution in [0.25, 0.3) is 0 Å². The number of nitrogens with zero attached hydrogens (tertiary/aromatic N) is 1. The number of piperidine rings is 1. The molecule has 0 saturated carbocycles. The van der Waals surface area contributed by atoms with Crippen molar-refractivity contribution < 1.29 is 4.74 Å². The molecule has 0 bridgehead atoms. The van der Waals surface area contributed by atoms with E-state index in [0.29, 0.717) is 12.1 Å². The smallest absolute Gasteiger partial charge is 0.0600 e. The van der Waals surface area contributed by atoms with E-state index in [0.717, 1.165) is 25.6 Å². The van der Waals surface area contributed by atoms with Gasteiger partial charge in [0.1, 0.15) is 0 Å². The molecular formula is C14H30N2O. The molecule has 0 amide bonds. The molecule has 0 aromatic carbocycles. The summed E-state index contributed by atoms with van der Waals surface area (Å²) in [7, 11) is 0. The summed E-state index contributed by atoms with van der Waals surface area (Å²) in [4.78, 5) is 2.54. The van der Waals surface area contributed by atoms with Crippen LogP contribution in [0.1, 0.15) is 40.5 Å². The molecular weight excluding hydrogens is 212 g/mol. The second kappa shape index (κ2) is 8.06. The molecule has 0 radical (unpaired) electrons. The van der Waals surface area contributed by atoms with Gasteiger partial charge >= 0.3 is 0 Å². The number of rotatable bonds is 7. The topological polar surface area (TPSA) is 24.5 Å². The molecule has 0 aromatic rings. The molecule has 0 aliphatic carbocycles. The molecule has 0 unspecified atom stereocenters. The first-order chi connectivity index (χ1) is 8.09. The Morgan fingerprint density at radius 3 is 2.35 bits per heavy atom. The fourth-order valence-electron chi connectivity index (χ4n) is 2.25. The van der Waals surface area contributed by atoms with E-state index in [2.05, 4.69) is 37.9 Å². The highest BCUT2D eigenvalue weighted by atomic mass is 16.5. The number of likely N-dealkylation sites (tertiary alicyclic amines) is 1. The maximum absolute atomic E-state index is 5.90. The average Bonchev–Trinajstić information content (AvgIpc) is 2.29. The molecule has 102 valence electrons. The van der Waals surface area contributed by atoms with Crippen LogP contribution in [0.4, 0.5) is 0 Å². The van der Waals surface area contributed by atoms with Crippen molar-refractivity contribution in [3.63, 3.8) is 0 Å². The second-order valence-electron chi connectivity index (χ2n) is 5.80. The first-order valence-electron chi connectivity index (χ1n) is 7.16. The van der Waals surface area contributed by atoms with Gasteiger partial charge in [0.2, 0.25) is 0 Å². The largest absolute Gasteiger partial charge is 0.377 e. The van der Waals surface area contributed by atoms with E-state index >= 15 is 0 Å². The highest BCUT2D eigenvalue weighted by molar-refractivity contribution is 4.74. The summed E-state index contributed by atoms with van der Waals surface area (Å²) in [5.74, 6) is 0.726. The SMILES string of the molecule is CC(C)CNCCOC1CCN(C(C)C)CC1. The van der Waals surface area contributed by atoms with Crippen LogP contribution in [0.2, 0.25) is 0 Å². The molecule has 0 atom stereocenters. The summed E-state index contributed by atoms with van der Waals surface area (Å²) in [6.45, 7) is 14.3. The minimum atomic E-state index is 0.492. The van der Waals surface area contributed by atoms with Gasteiger partial charge in [-0.15, -0.1) is 0 Å². The van der Waals surface area contributed by atoms with E-state index in [9.17, 15) is 0 Å². The number of nitrogens with one attached hydrogen (secondary N) is 1. The Kier molecular flexibility index (Phi) is 7.09. The quantitative estimate of drug-likeness (QED) is 0.692. The summed E-state index contributed by atoms with van der Waals surface area (Å²) in [5.41, 5.74) is 0. The van der Waals surface area contributed by atoms with Gasteiger partial charge in [0.15, 0.2) is 0 Å². The van der Waals surface area contributed by atoms with E-state index in [1.54, 1.807) is 0 Å². The van der Waals surface area contributed by atoms with Crippen molar-refractivity contribution >= 4 is 0 Å². The van der Waals surface area contributed by atoms with Crippen molar-refractivity contribution in [3.05, 3.63) is 0 Å². The van der Waals surface area contributed by atoms with Crippen molar-refractivity contribution in [2.75, 3.05) is 32.8 Å². The monoisotopic (exact) mass is 242 g/mol. The van der Waals surface area contributed by atoms with Gasteiger partial charge in [0.25, 0.3) is 0 Å². The Balaban J connectivity index is 1.99. The molecule has 1 N–H and O–H groups in total. The van der Waals surface area contributed by atoms with Crippen molar-refractivity contribution in [3.8, 4) is 0 Å². The highest BCUT2D eigenvalue weighted by Gasteiger charge is 2.20. The molecule has 1 rings (SSSR count). The summed E-state index contributed by atoms with van der Waals surface area (Å²) in [6.07, 6.45) is 2.89. The van der Waals surface area contributed by atoms with Crippen LogP contribution in [0.15, 0.2) is 0 Å². The van der Waals surface area contributed by atoms with Gasteiger partial charge in [-0.05, 0) is 39.2 Å². The molecule has 1 fully saturated rings. The van der Waals surface area contributed by atoms with Crippen molar-refractivity contribution in [2.24, 2.45) is 5.92 Å². The number of hydrogen-bond donors (Lipinski definition) is 1. The first-order valence-corrected chi connectivity index (χ1v) is 7.16. The number of ether oxygens (including phenoxy) is 1. The molecule has 0 spiro atoms. The van der Waals surface area contributed by atoms with Crippen molar-refractivity contribution in [1.29, 1.82) is 0 Å². The first kappa shape index (κ1) is 14.9. The van der Waals surface area contributed by atoms with E-state index in [1.165, 1.54) is 25.9 Å². The summed E-state index contributed by atoms with van der Waals surface area (Å²) in [6, 6.07) is 0.684. The third-order valence-corrected chi connectivity index (χ3v) is 3.39. The highest BCUT2D eigenvalue weighted by Crippen LogP contribution is 2.15. The summed E-state index contributed by atoms with van der Waals surface area (Å²) >= 11 is 0. The van der Waals surface area contributed by atoms with Crippen LogP contribution >= 0.6 is 0 Å². The van der Waals surface area contributed by atoms with Gasteiger partial charge in [0, 0.05) is 25.7 Å². The van der Waals surface area contributed by atoms with Crippen LogP contribution < -0.4 is 5.32 Å². The Morgan fingerprint density at radius 2 is 1.82 bits per heavy atom. The van der Waals surface area contributed by atoms with Crippen LogP contribution in [-0.2, 0) is 4.74 Å². The molecule has 1 aliphatic heterocycles. The van der Waals surface area contributed by atoms with Gasteiger partial charge in [-0.2, -0.15) is 0 Å². The van der Waals surface area contributed by atoms with Gasteiger partial charge in [0.05, 0.1) is 12.7 Å². The zero-order valence-electron chi connectivity index (χ0n) is 12.0. The Labute approximate surface area is 107 Å². The maximum atomic E-state index is 5.90. The predicted molar refractivity (Wildman–Crippen MR) is 73.4 cm³/mol. The van der Waals surface area contributed by atoms with E-state index in [1.807, 2.05) is 0 Å². The van der Waals surface area contributed by atoms with Gasteiger partial charge in [-0.3, -0.25) is 0 Å². The van der Waals surface area contributed by atoms with Crippen molar-refractivity contribution in [1.82, 2.24) is 10.2 Å². The van der Waals surface area contributed by atoms with Gasteiger partial charge in [-0.25, -0.2) is 0 Å². The van der Waals surface area contributed by atoms with Crippen LogP contribution in [0.5, 0.6) is 0 Å². The Morgan fingerprint density at radius 1 is 1.18 bits per heavy atom. The zero-order chi connectivity index (χ0) is 12.7. The Hall–Kier alpha value is -0.120. The second-order valence-corrected chi connectivity index (χ2v) is 5.80. The molecule has 1 aliphatic rings. The fraction of sp³-hybridized carbons (Fsp3) is 1.00. The normalized spacial score (nSPS) is 19.4. The standard InChI is InChI=1S/C14H30N2O/c1-12(2)11-15-7-10-17-14-5-8-16(9-6-14)13(3)4/h12-15H,5-11H2,1-4H3. The van der Waals surface area contributed by atoms with E-state index in [4.69, 9.17) is 4.74 Å². The molecule has 3 heteroatoms. The third-order valence-electron chi connectivity index (χ3n) is 3.39. The minimum Gasteiger partial charge on any atom is -0.377 e. The lowest BCUT2D eigenvalue weighted by Gasteiger charge is -2.34. The third kappa shape index (κ3) is 6.39. The molecule has 0 aromatic heterocycles. The van der Waals surface area contributed by atoms with Gasteiger partial charge < -0.3 is 15.0 Å². The fourth-order valence-corrected chi connectivity index (χ4v) is 2.25. The lowest BCUT2D eigenvalue weighted by molar-refractivity contribution is 0.00283. The predicted octanol–water partition coefficient (Wildman–Crippen LogP) is 2.12. The summed E-state index contributed by atoms with van der Waals surface area (Å²) < 4.78 is 5.90. The van der Waals surface area contributed by atoms with Crippen molar-refractivity contribution in [2.45, 2.75) is 52.7 Å². The zero-order valence-corrected chi connectivity index (χ0v) is 12.0. The molecule has 17 heavy (non-hydrogen) atoms. The Bertz CT molecular complexity index is 187. The van der Waals surface area contributed by atoms with Gasteiger partial charge in [-0.1, -0.05) is 13.8 Å². The molecule has 1 heterocycles. The molecule has 3 nitrogen and oxygen atoms in total. The van der Waals surface area contributed by atoms with E-state index in [-0.39, 0.29) is 0 Å². The molecule has 1 saturated heterocycles. The lowest BCUT2D eigenvalue weighted by Crippen LogP contribution is -2.41. The average molecular weight is 242 g/mol. The van der Waals surface area contributed by atoms with Crippen LogP contribution in [0.3, 0.4) is 0 Å².